The van der Waals surface area contributed by atoms with Gasteiger partial charge in [-0.25, -0.2) is 0 Å². The van der Waals surface area contributed by atoms with E-state index in [4.69, 9.17) is 4.74 Å². The highest BCUT2D eigenvalue weighted by Crippen LogP contribution is 2.26. The van der Waals surface area contributed by atoms with Crippen LogP contribution in [0.25, 0.3) is 0 Å². The van der Waals surface area contributed by atoms with Gasteiger partial charge in [-0.05, 0) is 37.7 Å². The number of anilines is 1. The number of ether oxygens (including phenoxy) is 1. The topological polar surface area (TPSA) is 34.1 Å². The molecule has 0 spiro atoms. The third kappa shape index (κ3) is 2.87. The van der Waals surface area contributed by atoms with Gasteiger partial charge in [-0.2, -0.15) is 4.98 Å². The van der Waals surface area contributed by atoms with Gasteiger partial charge in [0.25, 0.3) is 0 Å². The molecule has 0 aromatic carbocycles. The third-order valence-electron chi connectivity index (χ3n) is 3.23. The first-order valence-corrected chi connectivity index (χ1v) is 6.09. The summed E-state index contributed by atoms with van der Waals surface area (Å²) in [6.45, 7) is 2.32. The van der Waals surface area contributed by atoms with Crippen molar-refractivity contribution in [1.29, 1.82) is 0 Å². The minimum atomic E-state index is 0.357. The monoisotopic (exact) mass is 220 g/mol. The highest BCUT2D eigenvalue weighted by molar-refractivity contribution is 5.36. The average Bonchev–Trinajstić information content (AvgIpc) is 2.32. The molecule has 0 saturated heterocycles. The van der Waals surface area contributed by atoms with Gasteiger partial charge in [0.15, 0.2) is 0 Å². The molecule has 1 fully saturated rings. The number of hydrogen-bond donors (Lipinski definition) is 1. The lowest BCUT2D eigenvalue weighted by Gasteiger charge is -2.26. The van der Waals surface area contributed by atoms with Crippen LogP contribution >= 0.6 is 0 Å². The molecule has 0 radical (unpaired) electrons. The van der Waals surface area contributed by atoms with Crippen LogP contribution in [0.3, 0.4) is 0 Å². The minimum Gasteiger partial charge on any atom is -0.474 e. The van der Waals surface area contributed by atoms with Crippen LogP contribution in [0.4, 0.5) is 5.82 Å². The van der Waals surface area contributed by atoms with Crippen molar-refractivity contribution in [3.05, 3.63) is 18.2 Å². The summed E-state index contributed by atoms with van der Waals surface area (Å²) in [6.07, 6.45) is 5.22. The molecule has 2 rings (SSSR count). The summed E-state index contributed by atoms with van der Waals surface area (Å²) in [7, 11) is 1.87. The van der Waals surface area contributed by atoms with E-state index in [1.165, 1.54) is 12.8 Å². The summed E-state index contributed by atoms with van der Waals surface area (Å²) >= 11 is 0. The standard InChI is InChI=1S/C13H20N2O/c1-10-6-8-11(9-7-10)16-13-5-3-4-12(14-2)15-13/h3-5,10-11H,6-9H2,1-2H3,(H,14,15). The van der Waals surface area contributed by atoms with E-state index in [-0.39, 0.29) is 0 Å². The molecule has 1 aliphatic rings. The van der Waals surface area contributed by atoms with Crippen molar-refractivity contribution in [3.63, 3.8) is 0 Å². The van der Waals surface area contributed by atoms with Gasteiger partial charge in [0.05, 0.1) is 0 Å². The Kier molecular flexibility index (Phi) is 3.65. The number of hydrogen-bond acceptors (Lipinski definition) is 3. The van der Waals surface area contributed by atoms with Crippen molar-refractivity contribution in [3.8, 4) is 5.88 Å². The molecular formula is C13H20N2O. The Balaban J connectivity index is 1.93. The van der Waals surface area contributed by atoms with E-state index in [0.29, 0.717) is 6.10 Å². The Morgan fingerprint density at radius 2 is 2.00 bits per heavy atom. The Morgan fingerprint density at radius 3 is 2.69 bits per heavy atom. The molecule has 16 heavy (non-hydrogen) atoms. The van der Waals surface area contributed by atoms with Crippen molar-refractivity contribution < 1.29 is 4.74 Å². The Hall–Kier alpha value is -1.25. The molecular weight excluding hydrogens is 200 g/mol. The van der Waals surface area contributed by atoms with Crippen LogP contribution in [0.1, 0.15) is 32.6 Å². The average molecular weight is 220 g/mol. The smallest absolute Gasteiger partial charge is 0.215 e. The van der Waals surface area contributed by atoms with Crippen LogP contribution < -0.4 is 10.1 Å². The van der Waals surface area contributed by atoms with Gasteiger partial charge < -0.3 is 10.1 Å². The molecule has 0 aliphatic heterocycles. The van der Waals surface area contributed by atoms with E-state index in [1.54, 1.807) is 0 Å². The van der Waals surface area contributed by atoms with Crippen molar-refractivity contribution in [2.45, 2.75) is 38.7 Å². The van der Waals surface area contributed by atoms with Gasteiger partial charge >= 0.3 is 0 Å². The summed E-state index contributed by atoms with van der Waals surface area (Å²) in [5.74, 6) is 2.46. The van der Waals surface area contributed by atoms with Gasteiger partial charge in [-0.15, -0.1) is 0 Å². The van der Waals surface area contributed by atoms with Crippen molar-refractivity contribution in [1.82, 2.24) is 4.98 Å². The first-order chi connectivity index (χ1) is 7.78. The molecule has 3 heteroatoms. The van der Waals surface area contributed by atoms with Crippen molar-refractivity contribution >= 4 is 5.82 Å². The fourth-order valence-corrected chi connectivity index (χ4v) is 2.14. The van der Waals surface area contributed by atoms with E-state index in [2.05, 4.69) is 17.2 Å². The first-order valence-electron chi connectivity index (χ1n) is 6.09. The van der Waals surface area contributed by atoms with Crippen LogP contribution in [0, 0.1) is 5.92 Å². The fourth-order valence-electron chi connectivity index (χ4n) is 2.14. The molecule has 3 nitrogen and oxygen atoms in total. The van der Waals surface area contributed by atoms with Gasteiger partial charge in [0, 0.05) is 13.1 Å². The normalized spacial score (nSPS) is 25.1. The summed E-state index contributed by atoms with van der Waals surface area (Å²) in [5.41, 5.74) is 0. The maximum absolute atomic E-state index is 5.90. The lowest BCUT2D eigenvalue weighted by Crippen LogP contribution is -2.23. The highest BCUT2D eigenvalue weighted by atomic mass is 16.5. The second kappa shape index (κ2) is 5.19. The molecule has 1 aromatic heterocycles. The quantitative estimate of drug-likeness (QED) is 0.850. The van der Waals surface area contributed by atoms with Gasteiger partial charge in [-0.1, -0.05) is 13.0 Å². The molecule has 0 unspecified atom stereocenters. The predicted molar refractivity (Wildman–Crippen MR) is 65.8 cm³/mol. The van der Waals surface area contributed by atoms with E-state index in [1.807, 2.05) is 25.2 Å². The molecule has 1 N–H and O–H groups in total. The second-order valence-corrected chi connectivity index (χ2v) is 4.61. The van der Waals surface area contributed by atoms with Crippen molar-refractivity contribution in [2.75, 3.05) is 12.4 Å². The number of rotatable bonds is 3. The zero-order valence-corrected chi connectivity index (χ0v) is 10.1. The van der Waals surface area contributed by atoms with Crippen LogP contribution in [0.2, 0.25) is 0 Å². The number of nitrogens with zero attached hydrogens (tertiary/aromatic N) is 1. The van der Waals surface area contributed by atoms with Gasteiger partial charge in [0.1, 0.15) is 11.9 Å². The molecule has 1 heterocycles. The fraction of sp³-hybridized carbons (Fsp3) is 0.615. The van der Waals surface area contributed by atoms with Crippen molar-refractivity contribution in [2.24, 2.45) is 5.92 Å². The zero-order chi connectivity index (χ0) is 11.4. The molecule has 1 aliphatic carbocycles. The van der Waals surface area contributed by atoms with E-state index < -0.39 is 0 Å². The largest absolute Gasteiger partial charge is 0.474 e. The maximum Gasteiger partial charge on any atom is 0.215 e. The molecule has 1 saturated carbocycles. The molecule has 0 amide bonds. The summed E-state index contributed by atoms with van der Waals surface area (Å²) in [5, 5.41) is 3.02. The Labute approximate surface area is 97.2 Å². The number of aromatic nitrogens is 1. The van der Waals surface area contributed by atoms with Crippen LogP contribution in [-0.2, 0) is 0 Å². The molecule has 0 bridgehead atoms. The van der Waals surface area contributed by atoms with Crippen LogP contribution in [0.5, 0.6) is 5.88 Å². The van der Waals surface area contributed by atoms with Crippen LogP contribution in [-0.4, -0.2) is 18.1 Å². The first kappa shape index (κ1) is 11.2. The Bertz CT molecular complexity index is 332. The lowest BCUT2D eigenvalue weighted by molar-refractivity contribution is 0.130. The number of nitrogens with one attached hydrogen (secondary N) is 1. The lowest BCUT2D eigenvalue weighted by atomic mass is 9.89. The van der Waals surface area contributed by atoms with Gasteiger partial charge in [-0.3, -0.25) is 0 Å². The summed E-state index contributed by atoms with van der Waals surface area (Å²) < 4.78 is 5.90. The van der Waals surface area contributed by atoms with E-state index in [9.17, 15) is 0 Å². The SMILES string of the molecule is CNc1cccc(OC2CCC(C)CC2)n1. The minimum absolute atomic E-state index is 0.357. The molecule has 1 aromatic rings. The Morgan fingerprint density at radius 1 is 1.25 bits per heavy atom. The second-order valence-electron chi connectivity index (χ2n) is 4.61. The zero-order valence-electron chi connectivity index (χ0n) is 10.1. The van der Waals surface area contributed by atoms with E-state index >= 15 is 0 Å². The summed E-state index contributed by atoms with van der Waals surface area (Å²) in [4.78, 5) is 4.37. The van der Waals surface area contributed by atoms with E-state index in [0.717, 1.165) is 30.5 Å². The summed E-state index contributed by atoms with van der Waals surface area (Å²) in [6, 6.07) is 5.84. The third-order valence-corrected chi connectivity index (χ3v) is 3.23. The number of pyridine rings is 1. The van der Waals surface area contributed by atoms with Crippen LogP contribution in [0.15, 0.2) is 18.2 Å². The molecule has 0 atom stereocenters. The van der Waals surface area contributed by atoms with Gasteiger partial charge in [0.2, 0.25) is 5.88 Å². The predicted octanol–water partition coefficient (Wildman–Crippen LogP) is 3.08. The molecule has 88 valence electrons. The maximum atomic E-state index is 5.90. The highest BCUT2D eigenvalue weighted by Gasteiger charge is 2.19.